The lowest BCUT2D eigenvalue weighted by Crippen LogP contribution is -2.13. The zero-order valence-corrected chi connectivity index (χ0v) is 10.4. The van der Waals surface area contributed by atoms with Gasteiger partial charge >= 0.3 is 0 Å². The van der Waals surface area contributed by atoms with Gasteiger partial charge in [0, 0.05) is 18.3 Å². The van der Waals surface area contributed by atoms with E-state index in [1.807, 2.05) is 24.5 Å². The molecule has 2 aromatic rings. The van der Waals surface area contributed by atoms with Crippen molar-refractivity contribution in [2.24, 2.45) is 5.84 Å². The zero-order valence-electron chi connectivity index (χ0n) is 10.4. The molecule has 0 unspecified atom stereocenters. The summed E-state index contributed by atoms with van der Waals surface area (Å²) in [5.74, 6) is 7.23. The van der Waals surface area contributed by atoms with Crippen molar-refractivity contribution in [2.45, 2.75) is 26.9 Å². The lowest BCUT2D eigenvalue weighted by atomic mass is 10.4. The Labute approximate surface area is 105 Å². The molecule has 0 fully saturated rings. The summed E-state index contributed by atoms with van der Waals surface area (Å²) in [6.07, 6.45) is 1.70. The van der Waals surface area contributed by atoms with Gasteiger partial charge in [-0.2, -0.15) is 4.98 Å². The number of aromatic nitrogens is 5. The third-order valence-electron chi connectivity index (χ3n) is 2.45. The van der Waals surface area contributed by atoms with E-state index >= 15 is 0 Å². The van der Waals surface area contributed by atoms with Crippen LogP contribution in [0.25, 0.3) is 0 Å². The largest absolute Gasteiger partial charge is 0.363 e. The molecule has 2 aromatic heterocycles. The molecule has 0 radical (unpaired) electrons. The van der Waals surface area contributed by atoms with Crippen LogP contribution >= 0.6 is 0 Å². The van der Waals surface area contributed by atoms with E-state index < -0.39 is 0 Å². The Morgan fingerprint density at radius 2 is 2.22 bits per heavy atom. The minimum atomic E-state index is 0.384. The molecule has 0 spiro atoms. The highest BCUT2D eigenvalue weighted by Gasteiger charge is 2.04. The second kappa shape index (κ2) is 5.41. The van der Waals surface area contributed by atoms with E-state index in [-0.39, 0.29) is 0 Å². The van der Waals surface area contributed by atoms with Crippen LogP contribution < -0.4 is 16.6 Å². The Morgan fingerprint density at radius 3 is 2.94 bits per heavy atom. The number of rotatable bonds is 5. The fraction of sp³-hybridized carbons (Fsp3) is 0.400. The smallest absolute Gasteiger partial charge is 0.239 e. The number of nitrogens with two attached hydrogens (primary N) is 1. The summed E-state index contributed by atoms with van der Waals surface area (Å²) in [6, 6.07) is 1.84. The summed E-state index contributed by atoms with van der Waals surface area (Å²) < 4.78 is 1.96. The Kier molecular flexibility index (Phi) is 3.68. The molecule has 0 aliphatic heterocycles. The minimum Gasteiger partial charge on any atom is -0.363 e. The second-order valence-electron chi connectivity index (χ2n) is 3.75. The van der Waals surface area contributed by atoms with Gasteiger partial charge in [0.05, 0.1) is 6.54 Å². The molecule has 8 heteroatoms. The molecule has 0 aliphatic rings. The van der Waals surface area contributed by atoms with E-state index in [9.17, 15) is 0 Å². The van der Waals surface area contributed by atoms with Crippen molar-refractivity contribution in [3.8, 4) is 0 Å². The van der Waals surface area contributed by atoms with Crippen molar-refractivity contribution < 1.29 is 0 Å². The van der Waals surface area contributed by atoms with E-state index in [0.717, 1.165) is 18.1 Å². The molecule has 2 heterocycles. The third kappa shape index (κ3) is 2.72. The first-order valence-electron chi connectivity index (χ1n) is 5.65. The Bertz CT molecular complexity index is 520. The number of hydrogen-bond donors (Lipinski definition) is 3. The molecular weight excluding hydrogens is 232 g/mol. The summed E-state index contributed by atoms with van der Waals surface area (Å²) in [5, 5.41) is 11.1. The number of hydrogen-bond acceptors (Lipinski definition) is 7. The van der Waals surface area contributed by atoms with Gasteiger partial charge in [-0.25, -0.2) is 10.8 Å². The maximum Gasteiger partial charge on any atom is 0.239 e. The van der Waals surface area contributed by atoms with Crippen LogP contribution in [0.4, 0.5) is 11.8 Å². The Morgan fingerprint density at radius 1 is 1.39 bits per heavy atom. The van der Waals surface area contributed by atoms with E-state index in [2.05, 4.69) is 30.9 Å². The first-order chi connectivity index (χ1) is 8.72. The third-order valence-corrected chi connectivity index (χ3v) is 2.45. The standard InChI is InChI=1S/C10H16N8/c1-3-18-6-13-17-9(18)5-12-8-4-7(2)14-10(15-8)16-11/h4,6H,3,5,11H2,1-2H3,(H2,12,14,15,16). The second-order valence-corrected chi connectivity index (χ2v) is 3.75. The Balaban J connectivity index is 2.08. The highest BCUT2D eigenvalue weighted by Crippen LogP contribution is 2.09. The summed E-state index contributed by atoms with van der Waals surface area (Å²) >= 11 is 0. The summed E-state index contributed by atoms with van der Waals surface area (Å²) in [7, 11) is 0. The molecule has 0 saturated carbocycles. The van der Waals surface area contributed by atoms with E-state index in [1.54, 1.807) is 6.33 Å². The van der Waals surface area contributed by atoms with Gasteiger partial charge in [-0.3, -0.25) is 5.43 Å². The normalized spacial score (nSPS) is 10.4. The first kappa shape index (κ1) is 12.2. The molecule has 18 heavy (non-hydrogen) atoms. The minimum absolute atomic E-state index is 0.384. The van der Waals surface area contributed by atoms with Gasteiger partial charge in [-0.1, -0.05) is 0 Å². The number of anilines is 2. The quantitative estimate of drug-likeness (QED) is 0.516. The van der Waals surface area contributed by atoms with Crippen molar-refractivity contribution in [3.05, 3.63) is 23.9 Å². The van der Waals surface area contributed by atoms with Gasteiger partial charge in [0.2, 0.25) is 5.95 Å². The predicted octanol–water partition coefficient (Wildman–Crippen LogP) is 0.294. The Hall–Kier alpha value is -2.22. The average molecular weight is 248 g/mol. The molecule has 0 saturated heterocycles. The van der Waals surface area contributed by atoms with E-state index in [1.165, 1.54) is 0 Å². The molecule has 0 aliphatic carbocycles. The van der Waals surface area contributed by atoms with Gasteiger partial charge in [0.15, 0.2) is 5.82 Å². The van der Waals surface area contributed by atoms with Crippen molar-refractivity contribution in [1.29, 1.82) is 0 Å². The number of nitrogens with one attached hydrogen (secondary N) is 2. The van der Waals surface area contributed by atoms with Crippen LogP contribution in [0, 0.1) is 6.92 Å². The maximum absolute atomic E-state index is 5.29. The molecule has 0 aromatic carbocycles. The van der Waals surface area contributed by atoms with Gasteiger partial charge in [0.25, 0.3) is 0 Å². The van der Waals surface area contributed by atoms with Gasteiger partial charge < -0.3 is 9.88 Å². The topological polar surface area (TPSA) is 107 Å². The van der Waals surface area contributed by atoms with Crippen LogP contribution in [0.5, 0.6) is 0 Å². The van der Waals surface area contributed by atoms with Gasteiger partial charge in [-0.15, -0.1) is 10.2 Å². The monoisotopic (exact) mass is 248 g/mol. The van der Waals surface area contributed by atoms with Crippen molar-refractivity contribution in [2.75, 3.05) is 10.7 Å². The van der Waals surface area contributed by atoms with E-state index in [4.69, 9.17) is 5.84 Å². The van der Waals surface area contributed by atoms with Crippen LogP contribution in [0.1, 0.15) is 18.4 Å². The fourth-order valence-corrected chi connectivity index (χ4v) is 1.57. The van der Waals surface area contributed by atoms with Crippen LogP contribution in [0.15, 0.2) is 12.4 Å². The SMILES string of the molecule is CCn1cnnc1CNc1cc(C)nc(NN)n1. The highest BCUT2D eigenvalue weighted by atomic mass is 15.3. The van der Waals surface area contributed by atoms with Crippen LogP contribution in [0.3, 0.4) is 0 Å². The average Bonchev–Trinajstić information content (AvgIpc) is 2.83. The maximum atomic E-state index is 5.29. The van der Waals surface area contributed by atoms with Gasteiger partial charge in [-0.05, 0) is 13.8 Å². The predicted molar refractivity (Wildman–Crippen MR) is 67.6 cm³/mol. The summed E-state index contributed by atoms with van der Waals surface area (Å²) in [5.41, 5.74) is 3.26. The lowest BCUT2D eigenvalue weighted by molar-refractivity contribution is 0.707. The molecule has 2 rings (SSSR count). The lowest BCUT2D eigenvalue weighted by Gasteiger charge is -2.08. The van der Waals surface area contributed by atoms with Crippen molar-refractivity contribution >= 4 is 11.8 Å². The van der Waals surface area contributed by atoms with Crippen molar-refractivity contribution in [1.82, 2.24) is 24.7 Å². The first-order valence-corrected chi connectivity index (χ1v) is 5.65. The number of nitrogens with zero attached hydrogens (tertiary/aromatic N) is 5. The van der Waals surface area contributed by atoms with Crippen LogP contribution in [-0.2, 0) is 13.1 Å². The number of hydrazine groups is 1. The number of nitrogen functional groups attached to an aromatic ring is 1. The highest BCUT2D eigenvalue weighted by molar-refractivity contribution is 5.41. The molecular formula is C10H16N8. The molecule has 96 valence electrons. The molecule has 0 bridgehead atoms. The van der Waals surface area contributed by atoms with Gasteiger partial charge in [0.1, 0.15) is 12.1 Å². The van der Waals surface area contributed by atoms with Crippen LogP contribution in [-0.4, -0.2) is 24.7 Å². The zero-order chi connectivity index (χ0) is 13.0. The molecule has 0 atom stereocenters. The summed E-state index contributed by atoms with van der Waals surface area (Å²) in [4.78, 5) is 8.30. The number of aryl methyl sites for hydroxylation is 2. The molecule has 8 nitrogen and oxygen atoms in total. The fourth-order valence-electron chi connectivity index (χ4n) is 1.57. The van der Waals surface area contributed by atoms with Crippen molar-refractivity contribution in [3.63, 3.8) is 0 Å². The van der Waals surface area contributed by atoms with Crippen LogP contribution in [0.2, 0.25) is 0 Å². The van der Waals surface area contributed by atoms with E-state index in [0.29, 0.717) is 18.3 Å². The molecule has 4 N–H and O–H groups in total. The summed E-state index contributed by atoms with van der Waals surface area (Å²) in [6.45, 7) is 5.30. The molecule has 0 amide bonds.